The number of benzene rings is 2. The second kappa shape index (κ2) is 9.20. The van der Waals surface area contributed by atoms with Crippen LogP contribution in [0.15, 0.2) is 60.3 Å². The molecule has 0 aliphatic carbocycles. The summed E-state index contributed by atoms with van der Waals surface area (Å²) in [6, 6.07) is 18.2. The number of nitrogens with zero attached hydrogens (tertiary/aromatic N) is 3. The fourth-order valence-corrected chi connectivity index (χ4v) is 3.29. The summed E-state index contributed by atoms with van der Waals surface area (Å²) >= 11 is 0. The molecular weight excluding hydrogens is 348 g/mol. The molecule has 5 nitrogen and oxygen atoms in total. The summed E-state index contributed by atoms with van der Waals surface area (Å²) < 4.78 is 0. The molecule has 5 heteroatoms. The van der Waals surface area contributed by atoms with Gasteiger partial charge in [0, 0.05) is 44.6 Å². The fourth-order valence-electron chi connectivity index (χ4n) is 3.29. The predicted molar refractivity (Wildman–Crippen MR) is 112 cm³/mol. The first kappa shape index (κ1) is 19.7. The van der Waals surface area contributed by atoms with Gasteiger partial charge in [0.1, 0.15) is 11.6 Å². The Morgan fingerprint density at radius 1 is 1.07 bits per heavy atom. The number of carbonyl (C=O) groups is 1. The van der Waals surface area contributed by atoms with Gasteiger partial charge in [-0.05, 0) is 36.6 Å². The van der Waals surface area contributed by atoms with Gasteiger partial charge in [0.05, 0.1) is 0 Å². The molecule has 2 aromatic rings. The van der Waals surface area contributed by atoms with Crippen LogP contribution in [0.5, 0.6) is 0 Å². The van der Waals surface area contributed by atoms with E-state index in [1.54, 1.807) is 6.20 Å². The average Bonchev–Trinajstić information content (AvgIpc) is 2.71. The molecule has 1 heterocycles. The summed E-state index contributed by atoms with van der Waals surface area (Å²) in [5.74, 6) is -0.358. The molecule has 1 aliphatic rings. The number of hydrogen-bond donors (Lipinski definition) is 1. The lowest BCUT2D eigenvalue weighted by Gasteiger charge is -2.34. The van der Waals surface area contributed by atoms with E-state index in [0.717, 1.165) is 49.5 Å². The van der Waals surface area contributed by atoms with Crippen LogP contribution in [0.4, 0.5) is 5.69 Å². The van der Waals surface area contributed by atoms with Gasteiger partial charge in [-0.1, -0.05) is 42.5 Å². The number of rotatable bonds is 5. The quantitative estimate of drug-likeness (QED) is 0.643. The third-order valence-corrected chi connectivity index (χ3v) is 5.19. The normalized spacial score (nSPS) is 15.2. The van der Waals surface area contributed by atoms with Crippen LogP contribution in [0.25, 0.3) is 0 Å². The van der Waals surface area contributed by atoms with E-state index in [-0.39, 0.29) is 11.5 Å². The van der Waals surface area contributed by atoms with Gasteiger partial charge in [-0.3, -0.25) is 9.69 Å². The highest BCUT2D eigenvalue weighted by molar-refractivity contribution is 6.06. The lowest BCUT2D eigenvalue weighted by molar-refractivity contribution is -0.112. The minimum absolute atomic E-state index is 0.136. The van der Waals surface area contributed by atoms with Crippen LogP contribution in [0.3, 0.4) is 0 Å². The first-order chi connectivity index (χ1) is 13.6. The van der Waals surface area contributed by atoms with Crippen LogP contribution in [0.2, 0.25) is 0 Å². The van der Waals surface area contributed by atoms with Crippen LogP contribution in [0.1, 0.15) is 16.7 Å². The van der Waals surface area contributed by atoms with Crippen molar-refractivity contribution in [2.45, 2.75) is 20.4 Å². The Balaban J connectivity index is 1.58. The molecular formula is C23H26N4O. The summed E-state index contributed by atoms with van der Waals surface area (Å²) in [5, 5.41) is 12.3. The molecule has 0 saturated carbocycles. The average molecular weight is 374 g/mol. The van der Waals surface area contributed by atoms with E-state index in [2.05, 4.69) is 39.4 Å². The topological polar surface area (TPSA) is 59.4 Å². The maximum Gasteiger partial charge on any atom is 0.267 e. The number of piperazine rings is 1. The van der Waals surface area contributed by atoms with Crippen LogP contribution in [-0.4, -0.2) is 41.9 Å². The number of amides is 1. The number of nitrogens with one attached hydrogen (secondary N) is 1. The SMILES string of the molecule is Cc1cccc(NC(=O)/C(C#N)=C\N2CCN(Cc3ccccc3)CC2)c1C. The Kier molecular flexibility index (Phi) is 6.46. The van der Waals surface area contributed by atoms with Crippen LogP contribution >= 0.6 is 0 Å². The Morgan fingerprint density at radius 2 is 1.79 bits per heavy atom. The third-order valence-electron chi connectivity index (χ3n) is 5.19. The highest BCUT2D eigenvalue weighted by Gasteiger charge is 2.18. The largest absolute Gasteiger partial charge is 0.374 e. The molecule has 1 fully saturated rings. The van der Waals surface area contributed by atoms with Gasteiger partial charge in [0.15, 0.2) is 0 Å². The zero-order valence-corrected chi connectivity index (χ0v) is 16.5. The molecule has 0 radical (unpaired) electrons. The Morgan fingerprint density at radius 3 is 2.46 bits per heavy atom. The Bertz CT molecular complexity index is 891. The van der Waals surface area contributed by atoms with E-state index in [1.165, 1.54) is 5.56 Å². The highest BCUT2D eigenvalue weighted by Crippen LogP contribution is 2.19. The molecule has 1 saturated heterocycles. The zero-order chi connectivity index (χ0) is 19.9. The van der Waals surface area contributed by atoms with Crippen molar-refractivity contribution >= 4 is 11.6 Å². The molecule has 3 rings (SSSR count). The smallest absolute Gasteiger partial charge is 0.267 e. The molecule has 28 heavy (non-hydrogen) atoms. The van der Waals surface area contributed by atoms with Crippen molar-refractivity contribution in [2.75, 3.05) is 31.5 Å². The predicted octanol–water partition coefficient (Wildman–Crippen LogP) is 3.47. The Labute approximate surface area is 166 Å². The number of anilines is 1. The molecule has 0 bridgehead atoms. The fraction of sp³-hybridized carbons (Fsp3) is 0.304. The Hall–Kier alpha value is -3.10. The van der Waals surface area contributed by atoms with Crippen molar-refractivity contribution in [3.63, 3.8) is 0 Å². The van der Waals surface area contributed by atoms with Crippen LogP contribution < -0.4 is 5.32 Å². The standard InChI is InChI=1S/C23H26N4O/c1-18-7-6-10-22(19(18)2)25-23(28)21(15-24)17-27-13-11-26(12-14-27)16-20-8-4-3-5-9-20/h3-10,17H,11-14,16H2,1-2H3,(H,25,28)/b21-17-. The van der Waals surface area contributed by atoms with Gasteiger partial charge in [0.25, 0.3) is 5.91 Å². The molecule has 1 N–H and O–H groups in total. The van der Waals surface area contributed by atoms with Gasteiger partial charge < -0.3 is 10.2 Å². The molecule has 1 aliphatic heterocycles. The molecule has 0 aromatic heterocycles. The maximum atomic E-state index is 12.5. The summed E-state index contributed by atoms with van der Waals surface area (Å²) in [7, 11) is 0. The molecule has 1 amide bonds. The van der Waals surface area contributed by atoms with E-state index in [0.29, 0.717) is 0 Å². The van der Waals surface area contributed by atoms with E-state index in [9.17, 15) is 10.1 Å². The number of hydrogen-bond acceptors (Lipinski definition) is 4. The van der Waals surface area contributed by atoms with Crippen molar-refractivity contribution in [1.82, 2.24) is 9.80 Å². The van der Waals surface area contributed by atoms with Gasteiger partial charge >= 0.3 is 0 Å². The van der Waals surface area contributed by atoms with Crippen molar-refractivity contribution in [2.24, 2.45) is 0 Å². The third kappa shape index (κ3) is 4.99. The lowest BCUT2D eigenvalue weighted by Crippen LogP contribution is -2.43. The van der Waals surface area contributed by atoms with E-state index in [4.69, 9.17) is 0 Å². The van der Waals surface area contributed by atoms with E-state index >= 15 is 0 Å². The first-order valence-electron chi connectivity index (χ1n) is 9.56. The molecule has 0 atom stereocenters. The number of nitriles is 1. The summed E-state index contributed by atoms with van der Waals surface area (Å²) in [6.45, 7) is 8.30. The molecule has 0 unspecified atom stereocenters. The van der Waals surface area contributed by atoms with E-state index in [1.807, 2.05) is 44.2 Å². The van der Waals surface area contributed by atoms with Crippen molar-refractivity contribution in [3.05, 3.63) is 77.0 Å². The monoisotopic (exact) mass is 374 g/mol. The van der Waals surface area contributed by atoms with Gasteiger partial charge in [-0.15, -0.1) is 0 Å². The summed E-state index contributed by atoms with van der Waals surface area (Å²) in [6.07, 6.45) is 1.69. The van der Waals surface area contributed by atoms with Crippen molar-refractivity contribution < 1.29 is 4.79 Å². The van der Waals surface area contributed by atoms with Gasteiger partial charge in [-0.2, -0.15) is 5.26 Å². The molecule has 0 spiro atoms. The minimum Gasteiger partial charge on any atom is -0.374 e. The van der Waals surface area contributed by atoms with Gasteiger partial charge in [-0.25, -0.2) is 0 Å². The number of carbonyl (C=O) groups excluding carboxylic acids is 1. The zero-order valence-electron chi connectivity index (χ0n) is 16.5. The summed E-state index contributed by atoms with van der Waals surface area (Å²) in [4.78, 5) is 17.0. The summed E-state index contributed by atoms with van der Waals surface area (Å²) in [5.41, 5.74) is 4.31. The van der Waals surface area contributed by atoms with Gasteiger partial charge in [0.2, 0.25) is 0 Å². The van der Waals surface area contributed by atoms with Crippen molar-refractivity contribution in [1.29, 1.82) is 5.26 Å². The highest BCUT2D eigenvalue weighted by atomic mass is 16.1. The van der Waals surface area contributed by atoms with E-state index < -0.39 is 0 Å². The molecule has 144 valence electrons. The second-order valence-corrected chi connectivity index (χ2v) is 7.15. The molecule has 2 aromatic carbocycles. The van der Waals surface area contributed by atoms with Crippen LogP contribution in [0, 0.1) is 25.2 Å². The maximum absolute atomic E-state index is 12.5. The second-order valence-electron chi connectivity index (χ2n) is 7.15. The first-order valence-corrected chi connectivity index (χ1v) is 9.56. The minimum atomic E-state index is -0.358. The van der Waals surface area contributed by atoms with Crippen LogP contribution in [-0.2, 0) is 11.3 Å². The van der Waals surface area contributed by atoms with Crippen molar-refractivity contribution in [3.8, 4) is 6.07 Å². The number of aryl methyl sites for hydroxylation is 1. The lowest BCUT2D eigenvalue weighted by atomic mass is 10.1.